The van der Waals surface area contributed by atoms with Gasteiger partial charge in [0, 0.05) is 23.3 Å². The molecular weight excluding hydrogens is 463 g/mol. The quantitative estimate of drug-likeness (QED) is 0.363. The molecule has 3 heterocycles. The number of hydrogen-bond donors (Lipinski definition) is 2. The monoisotopic (exact) mass is 486 g/mol. The standard InChI is InChI=1S/C27H23FN4O2S/c1-16-15-20(17(2)31(16)19-12-10-18(11-13-19)26(33)34)25-24(22-8-5-6-14-29-22)30-27(35)32(25)23-9-4-3-7-21(23)28/h3-15,24-25H,1-2H3,(H,30,35)(H,33,34)/t24-,25-/m0/s1. The average molecular weight is 487 g/mol. The number of pyridine rings is 1. The van der Waals surface area contributed by atoms with Crippen LogP contribution in [0.5, 0.6) is 0 Å². The number of rotatable bonds is 5. The second-order valence-corrected chi connectivity index (χ2v) is 8.85. The van der Waals surface area contributed by atoms with Crippen LogP contribution in [0.15, 0.2) is 79.0 Å². The van der Waals surface area contributed by atoms with Gasteiger partial charge in [0.1, 0.15) is 5.82 Å². The highest BCUT2D eigenvalue weighted by Crippen LogP contribution is 2.44. The van der Waals surface area contributed by atoms with Gasteiger partial charge in [-0.15, -0.1) is 0 Å². The highest BCUT2D eigenvalue weighted by Gasteiger charge is 2.43. The van der Waals surface area contributed by atoms with Gasteiger partial charge in [0.2, 0.25) is 0 Å². The summed E-state index contributed by atoms with van der Waals surface area (Å²) in [6.07, 6.45) is 1.73. The van der Waals surface area contributed by atoms with Gasteiger partial charge in [-0.2, -0.15) is 0 Å². The predicted octanol–water partition coefficient (Wildman–Crippen LogP) is 5.50. The van der Waals surface area contributed by atoms with Gasteiger partial charge in [-0.1, -0.05) is 18.2 Å². The van der Waals surface area contributed by atoms with Crippen molar-refractivity contribution in [3.8, 4) is 5.69 Å². The molecule has 4 aromatic rings. The molecule has 0 radical (unpaired) electrons. The normalized spacial score (nSPS) is 17.5. The van der Waals surface area contributed by atoms with Crippen molar-refractivity contribution in [3.63, 3.8) is 0 Å². The fourth-order valence-electron chi connectivity index (χ4n) is 4.81. The van der Waals surface area contributed by atoms with Crippen LogP contribution in [0.3, 0.4) is 0 Å². The third kappa shape index (κ3) is 3.95. The van der Waals surface area contributed by atoms with Gasteiger partial charge in [0.15, 0.2) is 5.11 Å². The van der Waals surface area contributed by atoms with E-state index in [2.05, 4.69) is 20.9 Å². The number of hydrogen-bond acceptors (Lipinski definition) is 3. The van der Waals surface area contributed by atoms with E-state index < -0.39 is 5.97 Å². The lowest BCUT2D eigenvalue weighted by Gasteiger charge is -2.28. The smallest absolute Gasteiger partial charge is 0.335 e. The number of halogens is 1. The minimum Gasteiger partial charge on any atom is -0.478 e. The maximum Gasteiger partial charge on any atom is 0.335 e. The molecule has 0 aliphatic carbocycles. The SMILES string of the molecule is Cc1cc([C@H]2[C@H](c3ccccn3)NC(=S)N2c2ccccc2F)c(C)n1-c1ccc(C(=O)O)cc1. The Morgan fingerprint density at radius 1 is 1.06 bits per heavy atom. The minimum absolute atomic E-state index is 0.225. The molecule has 35 heavy (non-hydrogen) atoms. The molecule has 2 atom stereocenters. The van der Waals surface area contributed by atoms with Crippen LogP contribution < -0.4 is 10.2 Å². The lowest BCUT2D eigenvalue weighted by molar-refractivity contribution is 0.0697. The second kappa shape index (κ2) is 8.96. The molecule has 0 amide bonds. The van der Waals surface area contributed by atoms with Crippen LogP contribution in [0.25, 0.3) is 5.69 Å². The van der Waals surface area contributed by atoms with Crippen molar-refractivity contribution in [3.05, 3.63) is 113 Å². The average Bonchev–Trinajstić information content (AvgIpc) is 3.35. The van der Waals surface area contributed by atoms with Crippen molar-refractivity contribution < 1.29 is 14.3 Å². The van der Waals surface area contributed by atoms with Gasteiger partial charge in [0.05, 0.1) is 29.0 Å². The van der Waals surface area contributed by atoms with E-state index in [0.29, 0.717) is 10.8 Å². The molecule has 8 heteroatoms. The van der Waals surface area contributed by atoms with Gasteiger partial charge in [-0.25, -0.2) is 9.18 Å². The second-order valence-electron chi connectivity index (χ2n) is 8.46. The van der Waals surface area contributed by atoms with Crippen molar-refractivity contribution in [1.82, 2.24) is 14.9 Å². The number of carbonyl (C=O) groups is 1. The van der Waals surface area contributed by atoms with Crippen LogP contribution in [0.2, 0.25) is 0 Å². The fourth-order valence-corrected chi connectivity index (χ4v) is 5.15. The van der Waals surface area contributed by atoms with Crippen LogP contribution in [0, 0.1) is 19.7 Å². The van der Waals surface area contributed by atoms with Gasteiger partial charge >= 0.3 is 5.97 Å². The Labute approximate surface area is 207 Å². The summed E-state index contributed by atoms with van der Waals surface area (Å²) in [4.78, 5) is 17.7. The molecule has 0 spiro atoms. The highest BCUT2D eigenvalue weighted by molar-refractivity contribution is 7.80. The first-order valence-corrected chi connectivity index (χ1v) is 11.6. The molecule has 2 N–H and O–H groups in total. The number of aromatic nitrogens is 2. The van der Waals surface area contributed by atoms with E-state index in [1.165, 1.54) is 6.07 Å². The van der Waals surface area contributed by atoms with E-state index in [-0.39, 0.29) is 23.5 Å². The first-order chi connectivity index (χ1) is 16.9. The summed E-state index contributed by atoms with van der Waals surface area (Å²) in [7, 11) is 0. The van der Waals surface area contributed by atoms with Crippen LogP contribution in [0.4, 0.5) is 10.1 Å². The molecule has 0 unspecified atom stereocenters. The molecule has 6 nitrogen and oxygen atoms in total. The number of nitrogens with one attached hydrogen (secondary N) is 1. The van der Waals surface area contributed by atoms with E-state index in [1.54, 1.807) is 48.7 Å². The molecule has 5 rings (SSSR count). The molecular formula is C27H23FN4O2S. The third-order valence-corrected chi connectivity index (χ3v) is 6.69. The number of thiocarbonyl (C=S) groups is 1. The first-order valence-electron chi connectivity index (χ1n) is 11.1. The molecule has 1 fully saturated rings. The van der Waals surface area contributed by atoms with Crippen molar-refractivity contribution in [1.29, 1.82) is 0 Å². The zero-order valence-electron chi connectivity index (χ0n) is 19.1. The molecule has 0 saturated carbocycles. The summed E-state index contributed by atoms with van der Waals surface area (Å²) in [5.74, 6) is -1.33. The largest absolute Gasteiger partial charge is 0.478 e. The third-order valence-electron chi connectivity index (χ3n) is 6.37. The Morgan fingerprint density at radius 3 is 2.43 bits per heavy atom. The number of benzene rings is 2. The lowest BCUT2D eigenvalue weighted by atomic mass is 9.96. The number of carboxylic acids is 1. The zero-order chi connectivity index (χ0) is 24.7. The van der Waals surface area contributed by atoms with E-state index in [1.807, 2.05) is 36.9 Å². The maximum atomic E-state index is 15.0. The van der Waals surface area contributed by atoms with E-state index in [4.69, 9.17) is 12.2 Å². The van der Waals surface area contributed by atoms with E-state index >= 15 is 0 Å². The van der Waals surface area contributed by atoms with Crippen LogP contribution in [0.1, 0.15) is 45.1 Å². The minimum atomic E-state index is -0.970. The summed E-state index contributed by atoms with van der Waals surface area (Å²) in [5.41, 5.74) is 5.14. The van der Waals surface area contributed by atoms with Crippen molar-refractivity contribution in [2.45, 2.75) is 25.9 Å². The Balaban J connectivity index is 1.67. The fraction of sp³-hybridized carbons (Fsp3) is 0.148. The van der Waals surface area contributed by atoms with Crippen LogP contribution >= 0.6 is 12.2 Å². The number of para-hydroxylation sites is 1. The molecule has 1 saturated heterocycles. The molecule has 2 aromatic heterocycles. The van der Waals surface area contributed by atoms with E-state index in [9.17, 15) is 14.3 Å². The molecule has 2 aromatic carbocycles. The summed E-state index contributed by atoms with van der Waals surface area (Å²) in [6, 6.07) is 20.5. The molecule has 176 valence electrons. The number of nitrogens with zero attached hydrogens (tertiary/aromatic N) is 3. The predicted molar refractivity (Wildman–Crippen MR) is 137 cm³/mol. The van der Waals surface area contributed by atoms with Gasteiger partial charge in [0.25, 0.3) is 0 Å². The summed E-state index contributed by atoms with van der Waals surface area (Å²) in [5, 5.41) is 13.0. The molecule has 1 aliphatic rings. The van der Waals surface area contributed by atoms with Gasteiger partial charge < -0.3 is 19.9 Å². The van der Waals surface area contributed by atoms with Crippen molar-refractivity contribution in [2.24, 2.45) is 0 Å². The lowest BCUT2D eigenvalue weighted by Crippen LogP contribution is -2.30. The van der Waals surface area contributed by atoms with E-state index in [0.717, 1.165) is 28.3 Å². The Morgan fingerprint density at radius 2 is 1.77 bits per heavy atom. The van der Waals surface area contributed by atoms with Crippen molar-refractivity contribution in [2.75, 3.05) is 4.90 Å². The Bertz CT molecular complexity index is 1420. The summed E-state index contributed by atoms with van der Waals surface area (Å²) < 4.78 is 17.1. The molecule has 0 bridgehead atoms. The zero-order valence-corrected chi connectivity index (χ0v) is 20.0. The maximum absolute atomic E-state index is 15.0. The highest BCUT2D eigenvalue weighted by atomic mass is 32.1. The van der Waals surface area contributed by atoms with Crippen LogP contribution in [-0.4, -0.2) is 25.7 Å². The molecule has 1 aliphatic heterocycles. The Kier molecular flexibility index (Phi) is 5.82. The van der Waals surface area contributed by atoms with Crippen LogP contribution in [-0.2, 0) is 0 Å². The summed E-state index contributed by atoms with van der Waals surface area (Å²) >= 11 is 5.71. The summed E-state index contributed by atoms with van der Waals surface area (Å²) in [6.45, 7) is 4.00. The number of anilines is 1. The first kappa shape index (κ1) is 22.7. The van der Waals surface area contributed by atoms with Crippen molar-refractivity contribution >= 4 is 29.0 Å². The number of aromatic carboxylic acids is 1. The Hall–Kier alpha value is -4.04. The van der Waals surface area contributed by atoms with Gasteiger partial charge in [-0.05, 0) is 86.2 Å². The number of carboxylic acid groups (broad SMARTS) is 1. The van der Waals surface area contributed by atoms with Gasteiger partial charge in [-0.3, -0.25) is 4.98 Å². The topological polar surface area (TPSA) is 70.4 Å². The number of aryl methyl sites for hydroxylation is 1.